The average Bonchev–Trinajstić information content (AvgIpc) is 2.73. The third-order valence-corrected chi connectivity index (χ3v) is 5.01. The molecule has 0 bridgehead atoms. The maximum atomic E-state index is 14.0. The molecule has 0 heterocycles. The van der Waals surface area contributed by atoms with Crippen LogP contribution in [-0.2, 0) is 23.8 Å². The Balaban J connectivity index is 1.91. The van der Waals surface area contributed by atoms with Crippen LogP contribution in [0.3, 0.4) is 0 Å². The number of hydrogen-bond acceptors (Lipinski definition) is 2. The minimum atomic E-state index is -4.37. The Morgan fingerprint density at radius 2 is 1.61 bits per heavy atom. The van der Waals surface area contributed by atoms with Gasteiger partial charge in [-0.2, -0.15) is 13.2 Å². The van der Waals surface area contributed by atoms with E-state index in [4.69, 9.17) is 5.73 Å². The Kier molecular flexibility index (Phi) is 8.83. The second kappa shape index (κ2) is 11.1. The molecule has 31 heavy (non-hydrogen) atoms. The van der Waals surface area contributed by atoms with Gasteiger partial charge in [0.25, 0.3) is 5.91 Å². The highest BCUT2D eigenvalue weighted by Gasteiger charge is 2.30. The molecule has 0 saturated heterocycles. The van der Waals surface area contributed by atoms with Crippen LogP contribution in [0.5, 0.6) is 0 Å². The number of amides is 1. The number of aryl methyl sites for hydroxylation is 2. The molecule has 2 aromatic carbocycles. The number of nitrogens with one attached hydrogen (secondary N) is 1. The number of nitrogens with two attached hydrogens (primary N) is 1. The van der Waals surface area contributed by atoms with Gasteiger partial charge in [-0.25, -0.2) is 8.78 Å². The molecule has 2 rings (SSSR count). The predicted octanol–water partition coefficient (Wildman–Crippen LogP) is 6.27. The van der Waals surface area contributed by atoms with Crippen molar-refractivity contribution in [3.05, 3.63) is 59.2 Å². The van der Waals surface area contributed by atoms with E-state index >= 15 is 0 Å². The van der Waals surface area contributed by atoms with Crippen molar-refractivity contribution in [3.8, 4) is 0 Å². The molecule has 2 aromatic rings. The number of nitrogen functional groups attached to an aromatic ring is 1. The Morgan fingerprint density at radius 3 is 2.19 bits per heavy atom. The molecule has 0 aromatic heterocycles. The number of rotatable bonds is 10. The first-order valence-corrected chi connectivity index (χ1v) is 10.3. The molecule has 1 amide bonds. The van der Waals surface area contributed by atoms with E-state index in [2.05, 4.69) is 5.32 Å². The Hall–Kier alpha value is -2.64. The molecule has 2 unspecified atom stereocenters. The Bertz CT molecular complexity index is 852. The lowest BCUT2D eigenvalue weighted by molar-refractivity contribution is -0.137. The van der Waals surface area contributed by atoms with Gasteiger partial charge in [0.05, 0.1) is 16.9 Å². The van der Waals surface area contributed by atoms with Gasteiger partial charge >= 0.3 is 6.18 Å². The molecule has 0 aliphatic heterocycles. The number of halogens is 5. The molecule has 8 heteroatoms. The third-order valence-electron chi connectivity index (χ3n) is 5.01. The summed E-state index contributed by atoms with van der Waals surface area (Å²) in [7, 11) is 0. The SMILES string of the molecule is CCCCCC(F)C(F)C(=O)Nc1ccc(CCc2ccc(C(F)(F)F)cc2)cc1N. The van der Waals surface area contributed by atoms with Crippen molar-refractivity contribution in [3.63, 3.8) is 0 Å². The number of unbranched alkanes of at least 4 members (excludes halogenated alkanes) is 2. The van der Waals surface area contributed by atoms with Crippen LogP contribution in [0.25, 0.3) is 0 Å². The zero-order valence-corrected chi connectivity index (χ0v) is 17.3. The van der Waals surface area contributed by atoms with Crippen LogP contribution < -0.4 is 11.1 Å². The average molecular weight is 442 g/mol. The molecule has 0 spiro atoms. The summed E-state index contributed by atoms with van der Waals surface area (Å²) < 4.78 is 65.7. The fourth-order valence-electron chi connectivity index (χ4n) is 3.13. The van der Waals surface area contributed by atoms with E-state index < -0.39 is 30.0 Å². The first-order valence-electron chi connectivity index (χ1n) is 10.3. The number of carbonyl (C=O) groups excluding carboxylic acids is 1. The molecule has 0 saturated carbocycles. The second-order valence-corrected chi connectivity index (χ2v) is 7.52. The summed E-state index contributed by atoms with van der Waals surface area (Å²) in [6, 6.07) is 9.71. The van der Waals surface area contributed by atoms with Gasteiger partial charge in [0, 0.05) is 0 Å². The maximum Gasteiger partial charge on any atom is 0.416 e. The largest absolute Gasteiger partial charge is 0.416 e. The number of alkyl halides is 5. The van der Waals surface area contributed by atoms with Gasteiger partial charge in [0.2, 0.25) is 6.17 Å². The van der Waals surface area contributed by atoms with Crippen LogP contribution in [0.1, 0.15) is 49.3 Å². The highest BCUT2D eigenvalue weighted by molar-refractivity contribution is 5.97. The molecule has 2 atom stereocenters. The fraction of sp³-hybridized carbons (Fsp3) is 0.435. The van der Waals surface area contributed by atoms with Crippen molar-refractivity contribution in [1.82, 2.24) is 0 Å². The van der Waals surface area contributed by atoms with Crippen LogP contribution in [0.2, 0.25) is 0 Å². The van der Waals surface area contributed by atoms with Crippen LogP contribution in [0.15, 0.2) is 42.5 Å². The lowest BCUT2D eigenvalue weighted by atomic mass is 10.0. The normalized spacial score (nSPS) is 13.6. The van der Waals surface area contributed by atoms with Gasteiger partial charge < -0.3 is 11.1 Å². The minimum Gasteiger partial charge on any atom is -0.397 e. The van der Waals surface area contributed by atoms with Gasteiger partial charge in [0.1, 0.15) is 6.17 Å². The summed E-state index contributed by atoms with van der Waals surface area (Å²) in [5.41, 5.74) is 7.15. The van der Waals surface area contributed by atoms with Crippen molar-refractivity contribution in [2.45, 2.75) is 64.0 Å². The van der Waals surface area contributed by atoms with Crippen molar-refractivity contribution in [2.75, 3.05) is 11.1 Å². The van der Waals surface area contributed by atoms with E-state index in [0.29, 0.717) is 19.3 Å². The highest BCUT2D eigenvalue weighted by Crippen LogP contribution is 2.29. The molecule has 0 aliphatic rings. The molecular weight excluding hydrogens is 415 g/mol. The summed E-state index contributed by atoms with van der Waals surface area (Å²) in [5, 5.41) is 2.32. The zero-order valence-electron chi connectivity index (χ0n) is 17.3. The van der Waals surface area contributed by atoms with E-state index in [-0.39, 0.29) is 17.8 Å². The monoisotopic (exact) mass is 442 g/mol. The zero-order chi connectivity index (χ0) is 23.0. The summed E-state index contributed by atoms with van der Waals surface area (Å²) in [5.74, 6) is -1.08. The lowest BCUT2D eigenvalue weighted by Crippen LogP contribution is -2.32. The van der Waals surface area contributed by atoms with Gasteiger partial charge in [-0.05, 0) is 54.7 Å². The predicted molar refractivity (Wildman–Crippen MR) is 112 cm³/mol. The molecule has 0 radical (unpaired) electrons. The molecule has 3 N–H and O–H groups in total. The summed E-state index contributed by atoms with van der Waals surface area (Å²) in [6.07, 6.45) is -5.35. The van der Waals surface area contributed by atoms with Crippen molar-refractivity contribution >= 4 is 17.3 Å². The minimum absolute atomic E-state index is 0.0131. The Labute approximate surface area is 178 Å². The van der Waals surface area contributed by atoms with Crippen LogP contribution in [-0.4, -0.2) is 18.3 Å². The van der Waals surface area contributed by atoms with E-state index in [1.165, 1.54) is 18.2 Å². The highest BCUT2D eigenvalue weighted by atomic mass is 19.4. The summed E-state index contributed by atoms with van der Waals surface area (Å²) in [6.45, 7) is 1.95. The van der Waals surface area contributed by atoms with Crippen molar-refractivity contribution < 1.29 is 26.7 Å². The second-order valence-electron chi connectivity index (χ2n) is 7.52. The first-order chi connectivity index (χ1) is 14.6. The number of hydrogen-bond donors (Lipinski definition) is 2. The standard InChI is InChI=1S/C23H27F5N2O/c1-2-3-4-5-18(24)21(25)22(31)30-20-13-10-16(14-19(20)29)7-6-15-8-11-17(12-9-15)23(26,27)28/h8-14,18,21H,2-7,29H2,1H3,(H,30,31). The van der Waals surface area contributed by atoms with Crippen LogP contribution in [0, 0.1) is 0 Å². The van der Waals surface area contributed by atoms with Gasteiger partial charge in [-0.3, -0.25) is 4.79 Å². The molecule has 170 valence electrons. The first kappa shape index (κ1) is 24.6. The van der Waals surface area contributed by atoms with Crippen molar-refractivity contribution in [2.24, 2.45) is 0 Å². The van der Waals surface area contributed by atoms with Crippen LogP contribution >= 0.6 is 0 Å². The van der Waals surface area contributed by atoms with Crippen LogP contribution in [0.4, 0.5) is 33.3 Å². The van der Waals surface area contributed by atoms with E-state index in [1.54, 1.807) is 12.1 Å². The van der Waals surface area contributed by atoms with E-state index in [9.17, 15) is 26.7 Å². The van der Waals surface area contributed by atoms with Gasteiger partial charge in [0.15, 0.2) is 0 Å². The fourth-order valence-corrected chi connectivity index (χ4v) is 3.13. The number of carbonyl (C=O) groups is 1. The topological polar surface area (TPSA) is 55.1 Å². The number of anilines is 2. The van der Waals surface area contributed by atoms with Gasteiger partial charge in [-0.1, -0.05) is 44.4 Å². The molecule has 0 aliphatic carbocycles. The Morgan fingerprint density at radius 1 is 1.00 bits per heavy atom. The summed E-state index contributed by atoms with van der Waals surface area (Å²) >= 11 is 0. The third kappa shape index (κ3) is 7.52. The quantitative estimate of drug-likeness (QED) is 0.259. The van der Waals surface area contributed by atoms with E-state index in [1.807, 2.05) is 6.92 Å². The maximum absolute atomic E-state index is 14.0. The van der Waals surface area contributed by atoms with Gasteiger partial charge in [-0.15, -0.1) is 0 Å². The smallest absolute Gasteiger partial charge is 0.397 e. The molecular formula is C23H27F5N2O. The molecule has 3 nitrogen and oxygen atoms in total. The van der Waals surface area contributed by atoms with E-state index in [0.717, 1.165) is 36.1 Å². The molecule has 0 fully saturated rings. The number of benzene rings is 2. The van der Waals surface area contributed by atoms with Crippen molar-refractivity contribution in [1.29, 1.82) is 0 Å². The lowest BCUT2D eigenvalue weighted by Gasteiger charge is -2.15. The summed E-state index contributed by atoms with van der Waals surface area (Å²) in [4.78, 5) is 12.0.